The van der Waals surface area contributed by atoms with Crippen molar-refractivity contribution in [2.75, 3.05) is 49.0 Å². The van der Waals surface area contributed by atoms with E-state index in [0.717, 1.165) is 36.1 Å². The maximum Gasteiger partial charge on any atom is 0.319 e. The summed E-state index contributed by atoms with van der Waals surface area (Å²) >= 11 is 0. The number of anilines is 3. The topological polar surface area (TPSA) is 117 Å². The van der Waals surface area contributed by atoms with Gasteiger partial charge in [0, 0.05) is 25.0 Å². The van der Waals surface area contributed by atoms with Crippen LogP contribution in [0.4, 0.5) is 21.9 Å². The van der Waals surface area contributed by atoms with E-state index >= 15 is 0 Å². The molecule has 0 aromatic heterocycles. The molecule has 0 unspecified atom stereocenters. The Hall–Kier alpha value is -4.86. The molecule has 0 bridgehead atoms. The van der Waals surface area contributed by atoms with Gasteiger partial charge in [-0.25, -0.2) is 4.79 Å². The first kappa shape index (κ1) is 35.0. The Morgan fingerprint density at radius 2 is 1.60 bits per heavy atom. The molecule has 2 N–H and O–H groups in total. The van der Waals surface area contributed by atoms with E-state index in [0.29, 0.717) is 35.2 Å². The summed E-state index contributed by atoms with van der Waals surface area (Å²) in [5.74, 6) is 0.0312. The number of carbonyl (C=O) groups excluding carboxylic acids is 4. The van der Waals surface area contributed by atoms with E-state index in [1.807, 2.05) is 32.0 Å². The van der Waals surface area contributed by atoms with Crippen LogP contribution in [0.5, 0.6) is 5.75 Å². The first-order valence-corrected chi connectivity index (χ1v) is 16.2. The summed E-state index contributed by atoms with van der Waals surface area (Å²) in [6, 6.07) is 19.5. The molecule has 1 aliphatic rings. The smallest absolute Gasteiger partial charge is 0.319 e. The monoisotopic (exact) mass is 642 g/mol. The molecule has 10 heteroatoms. The van der Waals surface area contributed by atoms with Gasteiger partial charge in [0.05, 0.1) is 25.8 Å². The lowest BCUT2D eigenvalue weighted by Crippen LogP contribution is -2.42. The van der Waals surface area contributed by atoms with Crippen molar-refractivity contribution in [2.24, 2.45) is 5.92 Å². The van der Waals surface area contributed by atoms with E-state index in [-0.39, 0.29) is 37.4 Å². The van der Waals surface area contributed by atoms with Gasteiger partial charge in [-0.3, -0.25) is 14.4 Å². The highest BCUT2D eigenvalue weighted by atomic mass is 16.5. The zero-order chi connectivity index (χ0) is 33.8. The van der Waals surface area contributed by atoms with E-state index < -0.39 is 6.03 Å². The summed E-state index contributed by atoms with van der Waals surface area (Å²) in [7, 11) is 3.04. The van der Waals surface area contributed by atoms with Gasteiger partial charge in [0.25, 0.3) is 5.91 Å². The molecular weight excluding hydrogens is 596 g/mol. The lowest BCUT2D eigenvalue weighted by molar-refractivity contribution is -0.139. The van der Waals surface area contributed by atoms with Crippen molar-refractivity contribution in [1.82, 2.24) is 5.32 Å². The van der Waals surface area contributed by atoms with Crippen molar-refractivity contribution in [3.63, 3.8) is 0 Å². The summed E-state index contributed by atoms with van der Waals surface area (Å²) in [6.45, 7) is 3.98. The fourth-order valence-electron chi connectivity index (χ4n) is 5.92. The Morgan fingerprint density at radius 1 is 0.872 bits per heavy atom. The molecule has 47 heavy (non-hydrogen) atoms. The second-order valence-electron chi connectivity index (χ2n) is 12.2. The number of carbonyl (C=O) groups is 4. The van der Waals surface area contributed by atoms with Gasteiger partial charge < -0.3 is 29.9 Å². The minimum Gasteiger partial charge on any atom is -0.482 e. The average Bonchev–Trinajstić information content (AvgIpc) is 3.06. The molecule has 0 aliphatic heterocycles. The number of urea groups is 1. The number of amides is 4. The molecular formula is C37H46N4O6. The third-order valence-corrected chi connectivity index (χ3v) is 8.42. The Bertz CT molecular complexity index is 1530. The number of hydrogen-bond donors (Lipinski definition) is 2. The fraction of sp³-hybridized carbons (Fsp3) is 0.405. The molecule has 0 saturated heterocycles. The van der Waals surface area contributed by atoms with Crippen LogP contribution in [0, 0.1) is 19.8 Å². The highest BCUT2D eigenvalue weighted by molar-refractivity contribution is 5.99. The maximum atomic E-state index is 13.7. The van der Waals surface area contributed by atoms with Gasteiger partial charge in [0.2, 0.25) is 5.91 Å². The summed E-state index contributed by atoms with van der Waals surface area (Å²) < 4.78 is 10.8. The largest absolute Gasteiger partial charge is 0.482 e. The van der Waals surface area contributed by atoms with Crippen LogP contribution in [0.1, 0.15) is 55.2 Å². The number of para-hydroxylation sites is 2. The first-order valence-electron chi connectivity index (χ1n) is 16.2. The molecule has 0 spiro atoms. The van der Waals surface area contributed by atoms with Gasteiger partial charge in [-0.15, -0.1) is 0 Å². The third kappa shape index (κ3) is 10.6. The molecule has 0 atom stereocenters. The van der Waals surface area contributed by atoms with Gasteiger partial charge in [0.1, 0.15) is 5.75 Å². The molecule has 0 radical (unpaired) electrons. The number of aryl methyl sites for hydroxylation is 2. The van der Waals surface area contributed by atoms with Crippen LogP contribution in [0.15, 0.2) is 66.7 Å². The van der Waals surface area contributed by atoms with E-state index in [4.69, 9.17) is 9.47 Å². The normalized spacial score (nSPS) is 12.9. The quantitative estimate of drug-likeness (QED) is 0.215. The van der Waals surface area contributed by atoms with Crippen LogP contribution in [-0.4, -0.2) is 57.7 Å². The fourth-order valence-corrected chi connectivity index (χ4v) is 5.92. The number of rotatable bonds is 13. The van der Waals surface area contributed by atoms with Crippen LogP contribution < -0.4 is 25.2 Å². The second-order valence-corrected chi connectivity index (χ2v) is 12.2. The third-order valence-electron chi connectivity index (χ3n) is 8.42. The predicted molar refractivity (Wildman–Crippen MR) is 184 cm³/mol. The summed E-state index contributed by atoms with van der Waals surface area (Å²) in [4.78, 5) is 54.5. The van der Waals surface area contributed by atoms with Crippen molar-refractivity contribution >= 4 is 40.9 Å². The molecule has 4 amide bonds. The van der Waals surface area contributed by atoms with E-state index in [9.17, 15) is 19.2 Å². The zero-order valence-corrected chi connectivity index (χ0v) is 27.8. The molecule has 4 rings (SSSR count). The van der Waals surface area contributed by atoms with Gasteiger partial charge in [0.15, 0.2) is 6.61 Å². The minimum atomic E-state index is -0.551. The van der Waals surface area contributed by atoms with Crippen molar-refractivity contribution in [2.45, 2.75) is 58.8 Å². The first-order chi connectivity index (χ1) is 22.6. The number of methoxy groups -OCH3 is 1. The maximum absolute atomic E-state index is 13.7. The predicted octanol–water partition coefficient (Wildman–Crippen LogP) is 6.19. The van der Waals surface area contributed by atoms with Crippen LogP contribution in [0.2, 0.25) is 0 Å². The van der Waals surface area contributed by atoms with Gasteiger partial charge >= 0.3 is 12.0 Å². The van der Waals surface area contributed by atoms with Crippen molar-refractivity contribution in [1.29, 1.82) is 0 Å². The molecule has 10 nitrogen and oxygen atoms in total. The highest BCUT2D eigenvalue weighted by Crippen LogP contribution is 2.31. The second kappa shape index (κ2) is 17.2. The lowest BCUT2D eigenvalue weighted by Gasteiger charge is -2.29. The number of benzene rings is 3. The number of hydrogen-bond acceptors (Lipinski definition) is 6. The SMILES string of the molecule is COC(=O)Cc1cccc(NC(=O)NCC(=O)N(CCC2CCCCC2)c2ccccc2OCC(=O)N(C)c2cc(C)cc(C)c2)c1. The van der Waals surface area contributed by atoms with Crippen LogP contribution >= 0.6 is 0 Å². The number of likely N-dealkylation sites (N-methyl/N-ethyl adjacent to an activating group) is 1. The molecule has 1 aliphatic carbocycles. The van der Waals surface area contributed by atoms with Crippen LogP contribution in [-0.2, 0) is 25.5 Å². The average molecular weight is 643 g/mol. The number of nitrogens with one attached hydrogen (secondary N) is 2. The van der Waals surface area contributed by atoms with Gasteiger partial charge in [-0.1, -0.05) is 62.4 Å². The van der Waals surface area contributed by atoms with E-state index in [2.05, 4.69) is 16.7 Å². The Balaban J connectivity index is 1.44. The standard InChI is InChI=1S/C37H46N4O6/c1-26-19-27(2)21-31(20-26)40(3)35(43)25-47-33-16-9-8-15-32(33)41(18-17-28-11-6-5-7-12-28)34(42)24-38-37(45)39-30-14-10-13-29(22-30)23-36(44)46-4/h8-10,13-16,19-22,28H,5-7,11-12,17-18,23-25H2,1-4H3,(H2,38,39,45). The highest BCUT2D eigenvalue weighted by Gasteiger charge is 2.23. The number of esters is 1. The number of nitrogens with zero attached hydrogens (tertiary/aromatic N) is 2. The molecule has 1 saturated carbocycles. The lowest BCUT2D eigenvalue weighted by atomic mass is 9.87. The van der Waals surface area contributed by atoms with Gasteiger partial charge in [-0.2, -0.15) is 0 Å². The van der Waals surface area contributed by atoms with Crippen molar-refractivity contribution in [3.05, 3.63) is 83.4 Å². The zero-order valence-electron chi connectivity index (χ0n) is 27.8. The van der Waals surface area contributed by atoms with E-state index in [1.165, 1.54) is 26.4 Å². The molecule has 3 aromatic carbocycles. The Labute approximate surface area is 277 Å². The molecule has 250 valence electrons. The molecule has 1 fully saturated rings. The van der Waals surface area contributed by atoms with Crippen molar-refractivity contribution < 1.29 is 28.7 Å². The van der Waals surface area contributed by atoms with Crippen LogP contribution in [0.25, 0.3) is 0 Å². The van der Waals surface area contributed by atoms with E-state index in [1.54, 1.807) is 59.3 Å². The molecule has 3 aromatic rings. The molecule has 0 heterocycles. The summed E-state index contributed by atoms with van der Waals surface area (Å²) in [6.07, 6.45) is 6.80. The van der Waals surface area contributed by atoms with Gasteiger partial charge in [-0.05, 0) is 79.3 Å². The van der Waals surface area contributed by atoms with Crippen molar-refractivity contribution in [3.8, 4) is 5.75 Å². The Kier molecular flexibility index (Phi) is 12.8. The Morgan fingerprint density at radius 3 is 2.32 bits per heavy atom. The minimum absolute atomic E-state index is 0.0804. The summed E-state index contributed by atoms with van der Waals surface area (Å²) in [5, 5.41) is 5.39. The number of ether oxygens (including phenoxy) is 2. The summed E-state index contributed by atoms with van der Waals surface area (Å²) in [5.41, 5.74) is 4.63. The van der Waals surface area contributed by atoms with Crippen LogP contribution in [0.3, 0.4) is 0 Å².